The molecule has 1 aromatic carbocycles. The van der Waals surface area contributed by atoms with Gasteiger partial charge in [-0.25, -0.2) is 0 Å². The van der Waals surface area contributed by atoms with Crippen molar-refractivity contribution in [3.63, 3.8) is 0 Å². The van der Waals surface area contributed by atoms with Crippen LogP contribution in [0.1, 0.15) is 0 Å². The van der Waals surface area contributed by atoms with Gasteiger partial charge in [0.1, 0.15) is 5.52 Å². The largest absolute Gasteiger partial charge is 1.00 e. The number of ether oxygens (including phenoxy) is 1. The number of fused-ring (bicyclic) bond motifs is 1. The zero-order valence-corrected chi connectivity index (χ0v) is 12.2. The third kappa shape index (κ3) is 3.30. The number of para-hydroxylation sites is 1. The van der Waals surface area contributed by atoms with Crippen LogP contribution in [0.25, 0.3) is 10.9 Å². The lowest BCUT2D eigenvalue weighted by molar-refractivity contribution is -0.001000. The van der Waals surface area contributed by atoms with Crippen LogP contribution in [0.15, 0.2) is 49.4 Å². The summed E-state index contributed by atoms with van der Waals surface area (Å²) >= 11 is 0. The molecular formula is C11H9I2NO-2. The minimum atomic E-state index is 0. The van der Waals surface area contributed by atoms with Crippen LogP contribution in [-0.2, 0) is 0 Å². The first-order chi connectivity index (χ1) is 6.42. The van der Waals surface area contributed by atoms with Crippen molar-refractivity contribution in [2.75, 3.05) is 0 Å². The Bertz CT molecular complexity index is 440. The molecule has 2 rings (SSSR count). The molecule has 0 amide bonds. The highest BCUT2D eigenvalue weighted by Crippen LogP contribution is 2.22. The number of nitrogens with zero attached hydrogens (tertiary/aromatic N) is 1. The first-order valence-corrected chi connectivity index (χ1v) is 4.03. The second-order valence-electron chi connectivity index (χ2n) is 2.62. The van der Waals surface area contributed by atoms with E-state index in [9.17, 15) is 0 Å². The Hall–Kier alpha value is -0.370. The predicted molar refractivity (Wildman–Crippen MR) is 52.6 cm³/mol. The third-order valence-electron chi connectivity index (χ3n) is 1.81. The Balaban J connectivity index is 0.000000980. The summed E-state index contributed by atoms with van der Waals surface area (Å²) in [5.74, 6) is 0.744. The molecule has 0 saturated heterocycles. The molecule has 1 heterocycles. The van der Waals surface area contributed by atoms with E-state index >= 15 is 0 Å². The quantitative estimate of drug-likeness (QED) is 0.373. The summed E-state index contributed by atoms with van der Waals surface area (Å²) in [7, 11) is 0. The fraction of sp³-hybridized carbons (Fsp3) is 0. The highest BCUT2D eigenvalue weighted by Gasteiger charge is 1.99. The molecule has 2 aromatic rings. The molecule has 2 nitrogen and oxygen atoms in total. The molecule has 0 aliphatic rings. The number of halogens is 2. The molecule has 15 heavy (non-hydrogen) atoms. The van der Waals surface area contributed by atoms with E-state index in [1.807, 2.05) is 30.3 Å². The number of hydrogen-bond acceptors (Lipinski definition) is 2. The molecule has 0 N–H and O–H groups in total. The molecular weight excluding hydrogens is 416 g/mol. The molecule has 0 unspecified atom stereocenters. The van der Waals surface area contributed by atoms with Gasteiger partial charge in [0, 0.05) is 11.6 Å². The number of pyridine rings is 1. The summed E-state index contributed by atoms with van der Waals surface area (Å²) in [5.41, 5.74) is 0.866. The van der Waals surface area contributed by atoms with Crippen molar-refractivity contribution in [2.24, 2.45) is 0 Å². The second kappa shape index (κ2) is 7.00. The predicted octanol–water partition coefficient (Wildman–Crippen LogP) is -3.23. The fourth-order valence-corrected chi connectivity index (χ4v) is 1.26. The lowest BCUT2D eigenvalue weighted by Crippen LogP contribution is -3.00. The molecule has 80 valence electrons. The van der Waals surface area contributed by atoms with E-state index in [0.717, 1.165) is 16.7 Å². The Morgan fingerprint density at radius 3 is 2.60 bits per heavy atom. The van der Waals surface area contributed by atoms with Crippen LogP contribution >= 0.6 is 0 Å². The topological polar surface area (TPSA) is 22.1 Å². The monoisotopic (exact) mass is 425 g/mol. The van der Waals surface area contributed by atoms with Gasteiger partial charge in [0.2, 0.25) is 0 Å². The van der Waals surface area contributed by atoms with Crippen LogP contribution in [0.4, 0.5) is 0 Å². The first kappa shape index (κ1) is 14.6. The van der Waals surface area contributed by atoms with Crippen molar-refractivity contribution < 1.29 is 52.7 Å². The van der Waals surface area contributed by atoms with Crippen LogP contribution in [0.3, 0.4) is 0 Å². The van der Waals surface area contributed by atoms with Crippen LogP contribution in [0.5, 0.6) is 5.75 Å². The Kier molecular flexibility index (Phi) is 6.82. The molecule has 0 aliphatic carbocycles. The van der Waals surface area contributed by atoms with E-state index < -0.39 is 0 Å². The summed E-state index contributed by atoms with van der Waals surface area (Å²) < 4.78 is 5.22. The Morgan fingerprint density at radius 2 is 1.87 bits per heavy atom. The summed E-state index contributed by atoms with van der Waals surface area (Å²) in [6.45, 7) is 3.51. The standard InChI is InChI=1S/C11H9NO.2HI/c1-2-13-10-7-3-5-9-6-4-8-12-11(9)10;;/h2-8H,1H2;2*1H/p-2. The highest BCUT2D eigenvalue weighted by atomic mass is 127. The Morgan fingerprint density at radius 1 is 1.13 bits per heavy atom. The molecule has 0 fully saturated rings. The summed E-state index contributed by atoms with van der Waals surface area (Å²) in [5, 5.41) is 1.07. The molecule has 1 aromatic heterocycles. The van der Waals surface area contributed by atoms with Crippen LogP contribution in [0, 0.1) is 0 Å². The van der Waals surface area contributed by atoms with Gasteiger partial charge in [0.05, 0.1) is 6.26 Å². The smallest absolute Gasteiger partial charge is 0.152 e. The lowest BCUT2D eigenvalue weighted by atomic mass is 10.2. The number of rotatable bonds is 2. The maximum absolute atomic E-state index is 5.22. The maximum atomic E-state index is 5.22. The summed E-state index contributed by atoms with van der Waals surface area (Å²) in [6.07, 6.45) is 3.15. The molecule has 0 radical (unpaired) electrons. The zero-order chi connectivity index (χ0) is 9.10. The molecule has 4 heteroatoms. The van der Waals surface area contributed by atoms with Gasteiger partial charge < -0.3 is 52.7 Å². The molecule has 0 saturated carbocycles. The molecule has 0 bridgehead atoms. The minimum absolute atomic E-state index is 0. The second-order valence-corrected chi connectivity index (χ2v) is 2.62. The number of hydrogen-bond donors (Lipinski definition) is 0. The lowest BCUT2D eigenvalue weighted by Gasteiger charge is -2.02. The fourth-order valence-electron chi connectivity index (χ4n) is 1.26. The SMILES string of the molecule is C=COc1cccc2cccnc12.[I-].[I-]. The van der Waals surface area contributed by atoms with Crippen LogP contribution < -0.4 is 52.7 Å². The maximum Gasteiger partial charge on any atom is 0.152 e. The van der Waals surface area contributed by atoms with Crippen molar-refractivity contribution >= 4 is 10.9 Å². The van der Waals surface area contributed by atoms with Gasteiger partial charge >= 0.3 is 0 Å². The van der Waals surface area contributed by atoms with Crippen molar-refractivity contribution in [1.82, 2.24) is 4.98 Å². The van der Waals surface area contributed by atoms with Gasteiger partial charge in [-0.2, -0.15) is 0 Å². The summed E-state index contributed by atoms with van der Waals surface area (Å²) in [6, 6.07) is 9.70. The van der Waals surface area contributed by atoms with Gasteiger partial charge in [-0.15, -0.1) is 0 Å². The van der Waals surface area contributed by atoms with Gasteiger partial charge in [-0.05, 0) is 12.1 Å². The van der Waals surface area contributed by atoms with Gasteiger partial charge in [-0.3, -0.25) is 4.98 Å². The van der Waals surface area contributed by atoms with Crippen LogP contribution in [-0.4, -0.2) is 4.98 Å². The van der Waals surface area contributed by atoms with E-state index in [-0.39, 0.29) is 48.0 Å². The first-order valence-electron chi connectivity index (χ1n) is 4.03. The normalized spacial score (nSPS) is 8.53. The number of benzene rings is 1. The Labute approximate surface area is 123 Å². The molecule has 0 aliphatic heterocycles. The average molecular weight is 425 g/mol. The van der Waals surface area contributed by atoms with Crippen molar-refractivity contribution in [3.8, 4) is 5.75 Å². The van der Waals surface area contributed by atoms with Gasteiger partial charge in [0.25, 0.3) is 0 Å². The molecule has 0 spiro atoms. The number of aromatic nitrogens is 1. The molecule has 0 atom stereocenters. The third-order valence-corrected chi connectivity index (χ3v) is 1.81. The summed E-state index contributed by atoms with van der Waals surface area (Å²) in [4.78, 5) is 4.23. The van der Waals surface area contributed by atoms with Crippen molar-refractivity contribution in [2.45, 2.75) is 0 Å². The van der Waals surface area contributed by atoms with Gasteiger partial charge in [0.15, 0.2) is 5.75 Å². The minimum Gasteiger partial charge on any atom is -1.00 e. The van der Waals surface area contributed by atoms with Gasteiger partial charge in [-0.1, -0.05) is 24.8 Å². The van der Waals surface area contributed by atoms with Crippen molar-refractivity contribution in [1.29, 1.82) is 0 Å². The van der Waals surface area contributed by atoms with E-state index in [4.69, 9.17) is 4.74 Å². The average Bonchev–Trinajstić information content (AvgIpc) is 2.19. The van der Waals surface area contributed by atoms with E-state index in [1.165, 1.54) is 6.26 Å². The van der Waals surface area contributed by atoms with Crippen molar-refractivity contribution in [3.05, 3.63) is 49.4 Å². The van der Waals surface area contributed by atoms with E-state index in [1.54, 1.807) is 6.20 Å². The van der Waals surface area contributed by atoms with Crippen LogP contribution in [0.2, 0.25) is 0 Å². The van der Waals surface area contributed by atoms with E-state index in [2.05, 4.69) is 11.6 Å². The van der Waals surface area contributed by atoms with E-state index in [0.29, 0.717) is 0 Å². The highest BCUT2D eigenvalue weighted by molar-refractivity contribution is 5.84. The zero-order valence-electron chi connectivity index (χ0n) is 7.86.